The first-order valence-corrected chi connectivity index (χ1v) is 6.90. The monoisotopic (exact) mass is 269 g/mol. The first-order chi connectivity index (χ1) is 9.78. The number of aryl methyl sites for hydroxylation is 2. The molecule has 0 fully saturated rings. The summed E-state index contributed by atoms with van der Waals surface area (Å²) in [6.07, 6.45) is 3.79. The molecule has 1 atom stereocenters. The van der Waals surface area contributed by atoms with Gasteiger partial charge in [0.1, 0.15) is 11.3 Å². The molecule has 0 aliphatic carbocycles. The first-order valence-electron chi connectivity index (χ1n) is 6.90. The Balaban J connectivity index is 1.77. The molecule has 0 saturated heterocycles. The molecule has 0 amide bonds. The molecule has 0 aliphatic rings. The SMILES string of the molecule is CNC(CCc1ccnn1C)c1cc2ccccc2o1. The van der Waals surface area contributed by atoms with Crippen LogP contribution >= 0.6 is 0 Å². The highest BCUT2D eigenvalue weighted by Crippen LogP contribution is 2.26. The molecular weight excluding hydrogens is 250 g/mol. The highest BCUT2D eigenvalue weighted by Gasteiger charge is 2.15. The maximum absolute atomic E-state index is 5.94. The van der Waals surface area contributed by atoms with Crippen molar-refractivity contribution in [3.05, 3.63) is 54.0 Å². The summed E-state index contributed by atoms with van der Waals surface area (Å²) >= 11 is 0. The predicted octanol–water partition coefficient (Wildman–Crippen LogP) is 3.06. The van der Waals surface area contributed by atoms with E-state index in [0.29, 0.717) is 0 Å². The smallest absolute Gasteiger partial charge is 0.134 e. The maximum Gasteiger partial charge on any atom is 0.134 e. The summed E-state index contributed by atoms with van der Waals surface area (Å²) in [6, 6.07) is 12.5. The summed E-state index contributed by atoms with van der Waals surface area (Å²) in [5.41, 5.74) is 2.18. The van der Waals surface area contributed by atoms with Gasteiger partial charge in [-0.25, -0.2) is 0 Å². The van der Waals surface area contributed by atoms with Gasteiger partial charge in [0.2, 0.25) is 0 Å². The summed E-state index contributed by atoms with van der Waals surface area (Å²) in [6.45, 7) is 0. The van der Waals surface area contributed by atoms with Crippen molar-refractivity contribution in [2.45, 2.75) is 18.9 Å². The number of para-hydroxylation sites is 1. The quantitative estimate of drug-likeness (QED) is 0.774. The van der Waals surface area contributed by atoms with Crippen LogP contribution in [0.4, 0.5) is 0 Å². The van der Waals surface area contributed by atoms with Crippen LogP contribution in [0.5, 0.6) is 0 Å². The third kappa shape index (κ3) is 2.47. The van der Waals surface area contributed by atoms with Gasteiger partial charge in [-0.05, 0) is 38.1 Å². The fraction of sp³-hybridized carbons (Fsp3) is 0.312. The van der Waals surface area contributed by atoms with Crippen molar-refractivity contribution in [2.75, 3.05) is 7.05 Å². The minimum absolute atomic E-state index is 0.220. The van der Waals surface area contributed by atoms with Gasteiger partial charge < -0.3 is 9.73 Å². The molecule has 2 aromatic heterocycles. The van der Waals surface area contributed by atoms with E-state index in [9.17, 15) is 0 Å². The van der Waals surface area contributed by atoms with Gasteiger partial charge in [-0.1, -0.05) is 18.2 Å². The Labute approximate surface area is 118 Å². The van der Waals surface area contributed by atoms with Gasteiger partial charge >= 0.3 is 0 Å². The van der Waals surface area contributed by atoms with Gasteiger partial charge in [0.15, 0.2) is 0 Å². The van der Waals surface area contributed by atoms with Crippen LogP contribution in [-0.4, -0.2) is 16.8 Å². The molecule has 4 heteroatoms. The standard InChI is InChI=1S/C16H19N3O/c1-17-14(8-7-13-9-10-18-19(13)2)16-11-12-5-3-4-6-15(12)20-16/h3-6,9-11,14,17H,7-8H2,1-2H3. The third-order valence-corrected chi connectivity index (χ3v) is 3.75. The minimum Gasteiger partial charge on any atom is -0.459 e. The Hall–Kier alpha value is -2.07. The molecule has 0 radical (unpaired) electrons. The van der Waals surface area contributed by atoms with Crippen LogP contribution in [0.3, 0.4) is 0 Å². The average Bonchev–Trinajstić information content (AvgIpc) is 3.06. The Kier molecular flexibility index (Phi) is 3.56. The van der Waals surface area contributed by atoms with Crippen LogP contribution in [0.25, 0.3) is 11.0 Å². The third-order valence-electron chi connectivity index (χ3n) is 3.75. The molecule has 3 rings (SSSR count). The van der Waals surface area contributed by atoms with E-state index < -0.39 is 0 Å². The van der Waals surface area contributed by atoms with E-state index >= 15 is 0 Å². The predicted molar refractivity (Wildman–Crippen MR) is 79.5 cm³/mol. The van der Waals surface area contributed by atoms with E-state index in [1.54, 1.807) is 0 Å². The van der Waals surface area contributed by atoms with E-state index in [0.717, 1.165) is 29.6 Å². The van der Waals surface area contributed by atoms with Gasteiger partial charge in [0, 0.05) is 24.3 Å². The molecular formula is C16H19N3O. The van der Waals surface area contributed by atoms with Gasteiger partial charge in [0.05, 0.1) is 6.04 Å². The summed E-state index contributed by atoms with van der Waals surface area (Å²) in [5, 5.41) is 8.69. The maximum atomic E-state index is 5.94. The fourth-order valence-corrected chi connectivity index (χ4v) is 2.54. The lowest BCUT2D eigenvalue weighted by molar-refractivity contribution is 0.430. The molecule has 1 N–H and O–H groups in total. The topological polar surface area (TPSA) is 43.0 Å². The number of aromatic nitrogens is 2. The Morgan fingerprint density at radius 1 is 1.30 bits per heavy atom. The van der Waals surface area contributed by atoms with Crippen molar-refractivity contribution in [3.8, 4) is 0 Å². The van der Waals surface area contributed by atoms with Crippen molar-refractivity contribution in [2.24, 2.45) is 7.05 Å². The molecule has 0 bridgehead atoms. The Morgan fingerprint density at radius 3 is 2.85 bits per heavy atom. The van der Waals surface area contributed by atoms with Crippen LogP contribution in [0, 0.1) is 0 Å². The van der Waals surface area contributed by atoms with E-state index in [4.69, 9.17) is 4.42 Å². The first kappa shape index (κ1) is 12.9. The van der Waals surface area contributed by atoms with Crippen molar-refractivity contribution in [1.29, 1.82) is 0 Å². The van der Waals surface area contributed by atoms with Gasteiger partial charge in [0.25, 0.3) is 0 Å². The van der Waals surface area contributed by atoms with Crippen molar-refractivity contribution in [1.82, 2.24) is 15.1 Å². The van der Waals surface area contributed by atoms with E-state index in [1.165, 1.54) is 5.69 Å². The molecule has 4 nitrogen and oxygen atoms in total. The second-order valence-electron chi connectivity index (χ2n) is 5.01. The van der Waals surface area contributed by atoms with Gasteiger partial charge in [-0.2, -0.15) is 5.10 Å². The number of fused-ring (bicyclic) bond motifs is 1. The molecule has 3 aromatic rings. The number of furan rings is 1. The molecule has 0 saturated carbocycles. The Morgan fingerprint density at radius 2 is 2.15 bits per heavy atom. The highest BCUT2D eigenvalue weighted by molar-refractivity contribution is 5.77. The van der Waals surface area contributed by atoms with Crippen LogP contribution in [0.2, 0.25) is 0 Å². The number of rotatable bonds is 5. The molecule has 2 heterocycles. The molecule has 20 heavy (non-hydrogen) atoms. The highest BCUT2D eigenvalue weighted by atomic mass is 16.3. The summed E-state index contributed by atoms with van der Waals surface area (Å²) in [4.78, 5) is 0. The largest absolute Gasteiger partial charge is 0.459 e. The molecule has 104 valence electrons. The van der Waals surface area contributed by atoms with Crippen LogP contribution < -0.4 is 5.32 Å². The van der Waals surface area contributed by atoms with Crippen LogP contribution in [0.15, 0.2) is 47.0 Å². The van der Waals surface area contributed by atoms with E-state index in [-0.39, 0.29) is 6.04 Å². The van der Waals surface area contributed by atoms with Crippen LogP contribution in [-0.2, 0) is 13.5 Å². The normalized spacial score (nSPS) is 12.9. The lowest BCUT2D eigenvalue weighted by atomic mass is 10.1. The molecule has 0 spiro atoms. The van der Waals surface area contributed by atoms with Crippen molar-refractivity contribution < 1.29 is 4.42 Å². The molecule has 0 aliphatic heterocycles. The number of nitrogens with one attached hydrogen (secondary N) is 1. The second kappa shape index (κ2) is 5.51. The van der Waals surface area contributed by atoms with Crippen LogP contribution in [0.1, 0.15) is 23.9 Å². The zero-order chi connectivity index (χ0) is 13.9. The number of hydrogen-bond donors (Lipinski definition) is 1. The number of hydrogen-bond acceptors (Lipinski definition) is 3. The zero-order valence-corrected chi connectivity index (χ0v) is 11.8. The van der Waals surface area contributed by atoms with Crippen molar-refractivity contribution in [3.63, 3.8) is 0 Å². The average molecular weight is 269 g/mol. The van der Waals surface area contributed by atoms with Gasteiger partial charge in [-0.15, -0.1) is 0 Å². The van der Waals surface area contributed by atoms with Gasteiger partial charge in [-0.3, -0.25) is 4.68 Å². The lowest BCUT2D eigenvalue weighted by Gasteiger charge is -2.13. The van der Waals surface area contributed by atoms with E-state index in [1.807, 2.05) is 43.2 Å². The summed E-state index contributed by atoms with van der Waals surface area (Å²) in [7, 11) is 3.95. The van der Waals surface area contributed by atoms with Crippen molar-refractivity contribution >= 4 is 11.0 Å². The molecule has 1 aromatic carbocycles. The summed E-state index contributed by atoms with van der Waals surface area (Å²) < 4.78 is 7.86. The number of nitrogens with zero attached hydrogens (tertiary/aromatic N) is 2. The summed E-state index contributed by atoms with van der Waals surface area (Å²) in [5.74, 6) is 0.996. The fourth-order valence-electron chi connectivity index (χ4n) is 2.54. The second-order valence-corrected chi connectivity index (χ2v) is 5.01. The van der Waals surface area contributed by atoms with E-state index in [2.05, 4.69) is 28.6 Å². The minimum atomic E-state index is 0.220. The Bertz CT molecular complexity index is 665. The molecule has 1 unspecified atom stereocenters. The lowest BCUT2D eigenvalue weighted by Crippen LogP contribution is -2.17. The number of benzene rings is 1. The zero-order valence-electron chi connectivity index (χ0n) is 11.8.